The van der Waals surface area contributed by atoms with Crippen LogP contribution in [-0.2, 0) is 9.59 Å². The van der Waals surface area contributed by atoms with Crippen molar-refractivity contribution in [2.24, 2.45) is 5.73 Å². The minimum atomic E-state index is -0.493. The molecule has 106 valence electrons. The van der Waals surface area contributed by atoms with Gasteiger partial charge in [-0.3, -0.25) is 14.9 Å². The molecule has 0 aromatic heterocycles. The van der Waals surface area contributed by atoms with E-state index in [-0.39, 0.29) is 16.8 Å². The Morgan fingerprint density at radius 3 is 2.85 bits per heavy atom. The molecule has 1 atom stereocenters. The van der Waals surface area contributed by atoms with Crippen LogP contribution in [0.25, 0.3) is 0 Å². The lowest BCUT2D eigenvalue weighted by molar-refractivity contribution is -0.133. The maximum absolute atomic E-state index is 11.8. The van der Waals surface area contributed by atoms with Gasteiger partial charge in [-0.1, -0.05) is 12.2 Å². The fraction of sp³-hybridized carbons (Fsp3) is 0.308. The van der Waals surface area contributed by atoms with Crippen LogP contribution >= 0.6 is 12.2 Å². The molecule has 1 saturated heterocycles. The number of anilines is 1. The molecule has 2 amide bonds. The summed E-state index contributed by atoms with van der Waals surface area (Å²) in [6, 6.07) is 4.70. The summed E-state index contributed by atoms with van der Waals surface area (Å²) in [5.74, 6) is 0.0195. The van der Waals surface area contributed by atoms with E-state index in [2.05, 4.69) is 10.6 Å². The Morgan fingerprint density at radius 2 is 2.25 bits per heavy atom. The number of hydrogen-bond acceptors (Lipinski definition) is 5. The topological polar surface area (TPSA) is 93.4 Å². The molecule has 1 aliphatic heterocycles. The summed E-state index contributed by atoms with van der Waals surface area (Å²) in [5, 5.41) is 5.36. The van der Waals surface area contributed by atoms with Crippen LogP contribution in [0.15, 0.2) is 18.2 Å². The number of ether oxygens (including phenoxy) is 1. The molecule has 7 heteroatoms. The number of amides is 2. The molecule has 0 radical (unpaired) electrons. The van der Waals surface area contributed by atoms with E-state index in [1.54, 1.807) is 25.3 Å². The van der Waals surface area contributed by atoms with Gasteiger partial charge in [-0.25, -0.2) is 0 Å². The van der Waals surface area contributed by atoms with Crippen LogP contribution in [0, 0.1) is 0 Å². The Kier molecular flexibility index (Phi) is 4.19. The Labute approximate surface area is 121 Å². The molecule has 1 unspecified atom stereocenters. The molecule has 0 bridgehead atoms. The van der Waals surface area contributed by atoms with Crippen LogP contribution in [0.3, 0.4) is 0 Å². The number of rotatable bonds is 4. The zero-order chi connectivity index (χ0) is 14.7. The molecule has 1 fully saturated rings. The summed E-state index contributed by atoms with van der Waals surface area (Å²) < 4.78 is 5.14. The molecule has 1 heterocycles. The zero-order valence-electron chi connectivity index (χ0n) is 10.9. The van der Waals surface area contributed by atoms with Gasteiger partial charge in [0.1, 0.15) is 16.8 Å². The van der Waals surface area contributed by atoms with E-state index < -0.39 is 6.04 Å². The minimum absolute atomic E-state index is 0.224. The molecule has 2 rings (SSSR count). The van der Waals surface area contributed by atoms with Crippen molar-refractivity contribution in [1.29, 1.82) is 0 Å². The van der Waals surface area contributed by atoms with E-state index >= 15 is 0 Å². The second kappa shape index (κ2) is 5.87. The predicted molar refractivity (Wildman–Crippen MR) is 78.7 cm³/mol. The first-order valence-electron chi connectivity index (χ1n) is 6.09. The van der Waals surface area contributed by atoms with Gasteiger partial charge in [0.15, 0.2) is 0 Å². The lowest BCUT2D eigenvalue weighted by atomic mass is 10.0. The smallest absolute Gasteiger partial charge is 0.249 e. The minimum Gasteiger partial charge on any atom is -0.497 e. The van der Waals surface area contributed by atoms with E-state index in [0.29, 0.717) is 29.8 Å². The Bertz CT molecular complexity index is 574. The number of nitrogens with one attached hydrogen (secondary N) is 2. The molecular weight excluding hydrogens is 278 g/mol. The highest BCUT2D eigenvalue weighted by molar-refractivity contribution is 7.80. The standard InChI is InChI=1S/C13H15N3O3S/c1-19-7-2-3-8(12(14)20)10(6-7)15-9-4-5-11(17)16-13(9)18/h2-3,6,9,15H,4-5H2,1H3,(H2,14,20)(H,16,17,18). The van der Waals surface area contributed by atoms with Crippen molar-refractivity contribution >= 4 is 34.7 Å². The third-order valence-electron chi connectivity index (χ3n) is 3.06. The molecule has 20 heavy (non-hydrogen) atoms. The van der Waals surface area contributed by atoms with Crippen molar-refractivity contribution < 1.29 is 14.3 Å². The zero-order valence-corrected chi connectivity index (χ0v) is 11.8. The average molecular weight is 293 g/mol. The highest BCUT2D eigenvalue weighted by atomic mass is 32.1. The molecule has 6 nitrogen and oxygen atoms in total. The molecule has 0 spiro atoms. The first kappa shape index (κ1) is 14.3. The lowest BCUT2D eigenvalue weighted by Crippen LogP contribution is -2.47. The third-order valence-corrected chi connectivity index (χ3v) is 3.28. The van der Waals surface area contributed by atoms with Crippen molar-refractivity contribution in [2.75, 3.05) is 12.4 Å². The van der Waals surface area contributed by atoms with Crippen LogP contribution in [0.5, 0.6) is 5.75 Å². The van der Waals surface area contributed by atoms with E-state index in [0.717, 1.165) is 0 Å². The van der Waals surface area contributed by atoms with Crippen LogP contribution < -0.4 is 21.1 Å². The second-order valence-corrected chi connectivity index (χ2v) is 4.86. The highest BCUT2D eigenvalue weighted by Crippen LogP contribution is 2.24. The van der Waals surface area contributed by atoms with E-state index in [4.69, 9.17) is 22.7 Å². The van der Waals surface area contributed by atoms with Gasteiger partial charge in [0.25, 0.3) is 0 Å². The van der Waals surface area contributed by atoms with Gasteiger partial charge in [-0.15, -0.1) is 0 Å². The quantitative estimate of drug-likeness (QED) is 0.554. The van der Waals surface area contributed by atoms with Gasteiger partial charge in [0, 0.05) is 23.7 Å². The van der Waals surface area contributed by atoms with E-state index in [1.807, 2.05) is 0 Å². The van der Waals surface area contributed by atoms with Crippen molar-refractivity contribution in [3.63, 3.8) is 0 Å². The van der Waals surface area contributed by atoms with Gasteiger partial charge < -0.3 is 15.8 Å². The SMILES string of the molecule is COc1ccc(C(N)=S)c(NC2CCC(=O)NC2=O)c1. The maximum atomic E-state index is 11.8. The number of piperidine rings is 1. The summed E-state index contributed by atoms with van der Waals surface area (Å²) >= 11 is 4.99. The number of carbonyl (C=O) groups is 2. The number of nitrogens with two attached hydrogens (primary N) is 1. The first-order valence-corrected chi connectivity index (χ1v) is 6.50. The van der Waals surface area contributed by atoms with Crippen molar-refractivity contribution in [2.45, 2.75) is 18.9 Å². The largest absolute Gasteiger partial charge is 0.497 e. The molecule has 1 aromatic carbocycles. The number of benzene rings is 1. The molecule has 4 N–H and O–H groups in total. The molecule has 1 aromatic rings. The molecule has 0 saturated carbocycles. The van der Waals surface area contributed by atoms with Crippen LogP contribution in [0.1, 0.15) is 18.4 Å². The molecule has 0 aliphatic carbocycles. The monoisotopic (exact) mass is 293 g/mol. The highest BCUT2D eigenvalue weighted by Gasteiger charge is 2.27. The summed E-state index contributed by atoms with van der Waals surface area (Å²) in [6.45, 7) is 0. The van der Waals surface area contributed by atoms with Crippen LogP contribution in [0.2, 0.25) is 0 Å². The van der Waals surface area contributed by atoms with Gasteiger partial charge >= 0.3 is 0 Å². The summed E-state index contributed by atoms with van der Waals surface area (Å²) in [5.41, 5.74) is 6.91. The summed E-state index contributed by atoms with van der Waals surface area (Å²) in [6.07, 6.45) is 0.731. The number of hydrogen-bond donors (Lipinski definition) is 3. The predicted octanol–water partition coefficient (Wildman–Crippen LogP) is 0.546. The normalized spacial score (nSPS) is 18.4. The van der Waals surface area contributed by atoms with E-state index in [1.165, 1.54) is 0 Å². The van der Waals surface area contributed by atoms with Crippen molar-refractivity contribution in [3.8, 4) is 5.75 Å². The van der Waals surface area contributed by atoms with Crippen molar-refractivity contribution in [1.82, 2.24) is 5.32 Å². The number of carbonyl (C=O) groups excluding carboxylic acids is 2. The van der Waals surface area contributed by atoms with Gasteiger partial charge in [-0.05, 0) is 18.6 Å². The number of thiocarbonyl (C=S) groups is 1. The molecular formula is C13H15N3O3S. The van der Waals surface area contributed by atoms with Crippen molar-refractivity contribution in [3.05, 3.63) is 23.8 Å². The first-order chi connectivity index (χ1) is 9.51. The lowest BCUT2D eigenvalue weighted by Gasteiger charge is -2.24. The fourth-order valence-electron chi connectivity index (χ4n) is 2.00. The average Bonchev–Trinajstić information content (AvgIpc) is 2.41. The Hall–Kier alpha value is -2.15. The summed E-state index contributed by atoms with van der Waals surface area (Å²) in [4.78, 5) is 23.1. The third kappa shape index (κ3) is 3.05. The number of methoxy groups -OCH3 is 1. The summed E-state index contributed by atoms with van der Waals surface area (Å²) in [7, 11) is 1.55. The Morgan fingerprint density at radius 1 is 1.50 bits per heavy atom. The number of imide groups is 1. The maximum Gasteiger partial charge on any atom is 0.249 e. The van der Waals surface area contributed by atoms with Gasteiger partial charge in [-0.2, -0.15) is 0 Å². The van der Waals surface area contributed by atoms with Crippen LogP contribution in [0.4, 0.5) is 5.69 Å². The van der Waals surface area contributed by atoms with Crippen LogP contribution in [-0.4, -0.2) is 30.0 Å². The Balaban J connectivity index is 2.25. The van der Waals surface area contributed by atoms with E-state index in [9.17, 15) is 9.59 Å². The second-order valence-electron chi connectivity index (χ2n) is 4.42. The molecule has 1 aliphatic rings. The fourth-order valence-corrected chi connectivity index (χ4v) is 2.18. The van der Waals surface area contributed by atoms with Gasteiger partial charge in [0.05, 0.1) is 7.11 Å². The van der Waals surface area contributed by atoms with Gasteiger partial charge in [0.2, 0.25) is 11.8 Å².